The highest BCUT2D eigenvalue weighted by atomic mass is 35.5. The van der Waals surface area contributed by atoms with Gasteiger partial charge in [0.15, 0.2) is 5.69 Å². The largest absolute Gasteiger partial charge is 0.456 e. The van der Waals surface area contributed by atoms with Crippen molar-refractivity contribution >= 4 is 11.6 Å². The fraction of sp³-hybridized carbons (Fsp3) is 0. The predicted octanol–water partition coefficient (Wildman–Crippen LogP) is 3.54. The Bertz CT molecular complexity index is 578. The van der Waals surface area contributed by atoms with Gasteiger partial charge < -0.3 is 4.74 Å². The van der Waals surface area contributed by atoms with Gasteiger partial charge in [-0.2, -0.15) is 5.26 Å². The van der Waals surface area contributed by atoms with Crippen LogP contribution in [0.15, 0.2) is 36.5 Å². The van der Waals surface area contributed by atoms with Crippen LogP contribution in [0.25, 0.3) is 0 Å². The minimum Gasteiger partial charge on any atom is -0.456 e. The Balaban J connectivity index is 2.22. The van der Waals surface area contributed by atoms with Gasteiger partial charge in [-0.3, -0.25) is 0 Å². The van der Waals surface area contributed by atoms with Gasteiger partial charge in [0.25, 0.3) is 0 Å². The molecule has 0 spiro atoms. The van der Waals surface area contributed by atoms with Gasteiger partial charge in [-0.25, -0.2) is 9.37 Å². The molecule has 0 bridgehead atoms. The van der Waals surface area contributed by atoms with E-state index in [9.17, 15) is 4.39 Å². The summed E-state index contributed by atoms with van der Waals surface area (Å²) in [5.74, 6) is 0.517. The summed E-state index contributed by atoms with van der Waals surface area (Å²) in [6.45, 7) is 0. The first-order valence-electron chi connectivity index (χ1n) is 4.68. The molecule has 5 heteroatoms. The standard InChI is InChI=1S/C12H6ClFN2O/c13-11-5-10(7-16-12(11)6-15)17-9-3-1-8(14)2-4-9/h1-5,7H. The van der Waals surface area contributed by atoms with E-state index in [4.69, 9.17) is 21.6 Å². The van der Waals surface area contributed by atoms with E-state index in [1.807, 2.05) is 6.07 Å². The fourth-order valence-corrected chi connectivity index (χ4v) is 1.40. The van der Waals surface area contributed by atoms with Gasteiger partial charge in [0.1, 0.15) is 23.4 Å². The molecule has 0 N–H and O–H groups in total. The maximum absolute atomic E-state index is 12.7. The number of nitrogens with zero attached hydrogens (tertiary/aromatic N) is 2. The highest BCUT2D eigenvalue weighted by Gasteiger charge is 2.04. The number of aromatic nitrogens is 1. The number of pyridine rings is 1. The van der Waals surface area contributed by atoms with Crippen molar-refractivity contribution in [2.75, 3.05) is 0 Å². The number of ether oxygens (including phenoxy) is 1. The second kappa shape index (κ2) is 4.81. The van der Waals surface area contributed by atoms with Crippen molar-refractivity contribution in [3.63, 3.8) is 0 Å². The van der Waals surface area contributed by atoms with Gasteiger partial charge in [0.2, 0.25) is 0 Å². The Morgan fingerprint density at radius 3 is 2.53 bits per heavy atom. The molecule has 0 atom stereocenters. The number of hydrogen-bond acceptors (Lipinski definition) is 3. The predicted molar refractivity (Wildman–Crippen MR) is 60.4 cm³/mol. The fourth-order valence-electron chi connectivity index (χ4n) is 1.20. The highest BCUT2D eigenvalue weighted by molar-refractivity contribution is 6.31. The van der Waals surface area contributed by atoms with Gasteiger partial charge in [-0.05, 0) is 24.3 Å². The average molecular weight is 249 g/mol. The third-order valence-corrected chi connectivity index (χ3v) is 2.26. The van der Waals surface area contributed by atoms with Gasteiger partial charge in [0.05, 0.1) is 11.2 Å². The number of rotatable bonds is 2. The average Bonchev–Trinajstić information content (AvgIpc) is 2.32. The van der Waals surface area contributed by atoms with E-state index in [2.05, 4.69) is 4.98 Å². The van der Waals surface area contributed by atoms with Gasteiger partial charge >= 0.3 is 0 Å². The molecule has 0 aliphatic carbocycles. The lowest BCUT2D eigenvalue weighted by Gasteiger charge is -2.05. The first kappa shape index (κ1) is 11.4. The zero-order valence-corrected chi connectivity index (χ0v) is 9.28. The summed E-state index contributed by atoms with van der Waals surface area (Å²) < 4.78 is 18.1. The Morgan fingerprint density at radius 1 is 1.24 bits per heavy atom. The molecule has 0 amide bonds. The van der Waals surface area contributed by atoms with E-state index in [1.54, 1.807) is 0 Å². The molecule has 0 saturated heterocycles. The molecule has 0 fully saturated rings. The van der Waals surface area contributed by atoms with Crippen LogP contribution < -0.4 is 4.74 Å². The molecular formula is C12H6ClFN2O. The van der Waals surface area contributed by atoms with Crippen LogP contribution in [0.5, 0.6) is 11.5 Å². The first-order valence-corrected chi connectivity index (χ1v) is 5.06. The lowest BCUT2D eigenvalue weighted by Crippen LogP contribution is -1.89. The molecule has 0 saturated carbocycles. The van der Waals surface area contributed by atoms with E-state index >= 15 is 0 Å². The summed E-state index contributed by atoms with van der Waals surface area (Å²) in [5, 5.41) is 8.87. The second-order valence-electron chi connectivity index (χ2n) is 3.17. The van der Waals surface area contributed by atoms with Crippen molar-refractivity contribution in [3.05, 3.63) is 53.1 Å². The van der Waals surface area contributed by atoms with Crippen LogP contribution in [-0.4, -0.2) is 4.98 Å². The lowest BCUT2D eigenvalue weighted by molar-refractivity contribution is 0.478. The molecule has 0 radical (unpaired) electrons. The van der Waals surface area contributed by atoms with Crippen LogP contribution in [0.3, 0.4) is 0 Å². The van der Waals surface area contributed by atoms with E-state index in [-0.39, 0.29) is 16.5 Å². The van der Waals surface area contributed by atoms with E-state index < -0.39 is 0 Å². The van der Waals surface area contributed by atoms with E-state index in [0.29, 0.717) is 11.5 Å². The molecule has 3 nitrogen and oxygen atoms in total. The summed E-state index contributed by atoms with van der Waals surface area (Å²) in [5.41, 5.74) is 0.137. The third kappa shape index (κ3) is 2.71. The minimum absolute atomic E-state index is 0.137. The summed E-state index contributed by atoms with van der Waals surface area (Å²) in [7, 11) is 0. The molecule has 0 aliphatic rings. The highest BCUT2D eigenvalue weighted by Crippen LogP contribution is 2.24. The monoisotopic (exact) mass is 248 g/mol. The van der Waals surface area contributed by atoms with Crippen molar-refractivity contribution in [3.8, 4) is 17.6 Å². The summed E-state index contributed by atoms with van der Waals surface area (Å²) in [6.07, 6.45) is 1.38. The molecule has 84 valence electrons. The number of halogens is 2. The molecule has 17 heavy (non-hydrogen) atoms. The van der Waals surface area contributed by atoms with Crippen molar-refractivity contribution in [2.24, 2.45) is 0 Å². The molecule has 1 aromatic heterocycles. The van der Waals surface area contributed by atoms with Crippen molar-refractivity contribution in [1.29, 1.82) is 5.26 Å². The first-order chi connectivity index (χ1) is 8.19. The normalized spacial score (nSPS) is 9.71. The summed E-state index contributed by atoms with van der Waals surface area (Å²) in [4.78, 5) is 3.82. The molecule has 0 unspecified atom stereocenters. The zero-order chi connectivity index (χ0) is 12.3. The van der Waals surface area contributed by atoms with Crippen LogP contribution in [0.1, 0.15) is 5.69 Å². The van der Waals surface area contributed by atoms with Crippen molar-refractivity contribution < 1.29 is 9.13 Å². The number of benzene rings is 1. The van der Waals surface area contributed by atoms with Gasteiger partial charge in [-0.15, -0.1) is 0 Å². The van der Waals surface area contributed by atoms with Gasteiger partial charge in [0, 0.05) is 6.07 Å². The van der Waals surface area contributed by atoms with E-state index in [0.717, 1.165) is 0 Å². The van der Waals surface area contributed by atoms with E-state index in [1.165, 1.54) is 36.5 Å². The van der Waals surface area contributed by atoms with Crippen LogP contribution in [0, 0.1) is 17.1 Å². The van der Waals surface area contributed by atoms with Crippen LogP contribution >= 0.6 is 11.6 Å². The molecule has 1 aromatic carbocycles. The Labute approximate surface area is 102 Å². The van der Waals surface area contributed by atoms with Crippen LogP contribution in [0.4, 0.5) is 4.39 Å². The smallest absolute Gasteiger partial charge is 0.159 e. The number of hydrogen-bond donors (Lipinski definition) is 0. The SMILES string of the molecule is N#Cc1ncc(Oc2ccc(F)cc2)cc1Cl. The minimum atomic E-state index is -0.340. The van der Waals surface area contributed by atoms with Gasteiger partial charge in [-0.1, -0.05) is 11.6 Å². The van der Waals surface area contributed by atoms with Crippen molar-refractivity contribution in [1.82, 2.24) is 4.98 Å². The quantitative estimate of drug-likeness (QED) is 0.817. The molecule has 2 rings (SSSR count). The van der Waals surface area contributed by atoms with Crippen molar-refractivity contribution in [2.45, 2.75) is 0 Å². The Morgan fingerprint density at radius 2 is 1.94 bits per heavy atom. The molecular weight excluding hydrogens is 243 g/mol. The second-order valence-corrected chi connectivity index (χ2v) is 3.58. The topological polar surface area (TPSA) is 45.9 Å². The number of nitriles is 1. The Hall–Kier alpha value is -2.12. The zero-order valence-electron chi connectivity index (χ0n) is 8.52. The van der Waals surface area contributed by atoms with Crippen LogP contribution in [-0.2, 0) is 0 Å². The Kier molecular flexibility index (Phi) is 3.22. The molecule has 2 aromatic rings. The molecule has 0 aliphatic heterocycles. The summed E-state index contributed by atoms with van der Waals surface area (Å²) >= 11 is 5.80. The van der Waals surface area contributed by atoms with Crippen LogP contribution in [0.2, 0.25) is 5.02 Å². The maximum atomic E-state index is 12.7. The third-order valence-electron chi connectivity index (χ3n) is 1.97. The summed E-state index contributed by atoms with van der Waals surface area (Å²) in [6, 6.07) is 8.87. The lowest BCUT2D eigenvalue weighted by atomic mass is 10.3. The molecule has 1 heterocycles. The maximum Gasteiger partial charge on any atom is 0.159 e.